The van der Waals surface area contributed by atoms with E-state index in [-0.39, 0.29) is 29.6 Å². The summed E-state index contributed by atoms with van der Waals surface area (Å²) in [6.45, 7) is 3.07. The second-order valence-corrected chi connectivity index (χ2v) is 8.88. The van der Waals surface area contributed by atoms with Crippen molar-refractivity contribution in [2.45, 2.75) is 38.7 Å². The number of carbonyl (C=O) groups excluding carboxylic acids is 1. The number of anilines is 1. The van der Waals surface area contributed by atoms with Crippen LogP contribution in [-0.2, 0) is 27.7 Å². The number of H-pyrrole nitrogens is 1. The fourth-order valence-corrected chi connectivity index (χ4v) is 3.96. The van der Waals surface area contributed by atoms with Crippen LogP contribution < -0.4 is 10.9 Å². The Balaban J connectivity index is 1.91. The Kier molecular flexibility index (Phi) is 6.75. The van der Waals surface area contributed by atoms with E-state index in [1.807, 2.05) is 0 Å². The molecule has 0 aliphatic carbocycles. The molecule has 13 heteroatoms. The van der Waals surface area contributed by atoms with Crippen LogP contribution in [-0.4, -0.2) is 58.6 Å². The summed E-state index contributed by atoms with van der Waals surface area (Å²) in [6.07, 6.45) is -0.650. The minimum atomic E-state index is -3.79. The number of hydrogen-bond donors (Lipinski definition) is 3. The molecule has 3 unspecified atom stereocenters. The minimum absolute atomic E-state index is 0.158. The first-order valence-electron chi connectivity index (χ1n) is 9.28. The van der Waals surface area contributed by atoms with Crippen LogP contribution in [0.2, 0.25) is 0 Å². The molecule has 0 bridgehead atoms. The van der Waals surface area contributed by atoms with Crippen LogP contribution in [0.5, 0.6) is 0 Å². The number of hydrogen-bond acceptors (Lipinski definition) is 9. The van der Waals surface area contributed by atoms with Gasteiger partial charge in [-0.15, -0.1) is 0 Å². The lowest BCUT2D eigenvalue weighted by molar-refractivity contribution is -0.118. The van der Waals surface area contributed by atoms with Crippen molar-refractivity contribution in [3.63, 3.8) is 0 Å². The lowest BCUT2D eigenvalue weighted by Crippen LogP contribution is -2.27. The lowest BCUT2D eigenvalue weighted by Gasteiger charge is -2.20. The summed E-state index contributed by atoms with van der Waals surface area (Å²) >= 11 is 0. The molecule has 0 aromatic carbocycles. The number of fused-ring (bicyclic) bond motifs is 1. The summed E-state index contributed by atoms with van der Waals surface area (Å²) in [6, 6.07) is 1.57. The number of phosphoric ester groups is 1. The van der Waals surface area contributed by atoms with Gasteiger partial charge in [-0.05, 0) is 0 Å². The van der Waals surface area contributed by atoms with E-state index in [1.165, 1.54) is 20.5 Å². The Bertz CT molecular complexity index is 1010. The van der Waals surface area contributed by atoms with Crippen LogP contribution in [0, 0.1) is 5.92 Å². The third-order valence-corrected chi connectivity index (χ3v) is 6.16. The smallest absolute Gasteiger partial charge is 0.394 e. The Labute approximate surface area is 172 Å². The predicted molar refractivity (Wildman–Crippen MR) is 106 cm³/mol. The van der Waals surface area contributed by atoms with Crippen LogP contribution in [0.25, 0.3) is 11.0 Å². The summed E-state index contributed by atoms with van der Waals surface area (Å²) in [7, 11) is -1.41. The Morgan fingerprint density at radius 2 is 2.17 bits per heavy atom. The van der Waals surface area contributed by atoms with Crippen molar-refractivity contribution >= 4 is 30.6 Å². The second-order valence-electron chi connectivity index (χ2n) is 7.05. The van der Waals surface area contributed by atoms with E-state index in [1.54, 1.807) is 24.5 Å². The van der Waals surface area contributed by atoms with Crippen molar-refractivity contribution in [1.82, 2.24) is 14.5 Å². The molecule has 1 saturated heterocycles. The number of ether oxygens (including phenoxy) is 1. The highest BCUT2D eigenvalue weighted by atomic mass is 31.2. The summed E-state index contributed by atoms with van der Waals surface area (Å²) < 4.78 is 34.8. The van der Waals surface area contributed by atoms with Crippen molar-refractivity contribution in [3.8, 4) is 0 Å². The first-order chi connectivity index (χ1) is 14.2. The first kappa shape index (κ1) is 22.6. The van der Waals surface area contributed by atoms with E-state index in [0.717, 1.165) is 0 Å². The monoisotopic (exact) mass is 444 g/mol. The molecule has 3 heterocycles. The van der Waals surface area contributed by atoms with Gasteiger partial charge in [0, 0.05) is 32.6 Å². The average Bonchev–Trinajstić information content (AvgIpc) is 3.31. The normalized spacial score (nSPS) is 22.1. The number of imidazole rings is 1. The average molecular weight is 444 g/mol. The van der Waals surface area contributed by atoms with Gasteiger partial charge < -0.3 is 24.7 Å². The summed E-state index contributed by atoms with van der Waals surface area (Å²) in [5, 5.41) is 12.3. The van der Waals surface area contributed by atoms with Gasteiger partial charge >= 0.3 is 7.82 Å². The largest absolute Gasteiger partial charge is 0.474 e. The number of carbonyl (C=O) groups is 1. The van der Waals surface area contributed by atoms with E-state index < -0.39 is 38.4 Å². The molecule has 12 nitrogen and oxygen atoms in total. The molecule has 0 saturated carbocycles. The van der Waals surface area contributed by atoms with E-state index >= 15 is 0 Å². The number of phosphoric acid groups is 1. The fraction of sp³-hybridized carbons (Fsp3) is 0.588. The molecular formula is C17H25N4O8P. The molecule has 30 heavy (non-hydrogen) atoms. The Hall–Kier alpha value is -2.08. The van der Waals surface area contributed by atoms with E-state index in [2.05, 4.69) is 15.3 Å². The molecule has 3 rings (SSSR count). The lowest BCUT2D eigenvalue weighted by atomic mass is 10.2. The zero-order valence-corrected chi connectivity index (χ0v) is 17.9. The molecule has 2 aromatic heterocycles. The summed E-state index contributed by atoms with van der Waals surface area (Å²) in [5.74, 6) is -0.301. The number of amides is 1. The number of aromatic amines is 1. The molecule has 0 spiro atoms. The molecule has 0 radical (unpaired) electrons. The SMILES string of the molecule is COP(=O)(OC)OC1CC(n2cnc3c(=O)[nH]c(NC(=O)C(C)C)cc32)OC1CO. The number of nitrogens with zero attached hydrogens (tertiary/aromatic N) is 2. The second kappa shape index (κ2) is 8.96. The molecule has 1 aliphatic heterocycles. The van der Waals surface area contributed by atoms with Gasteiger partial charge in [0.1, 0.15) is 24.3 Å². The molecule has 3 atom stereocenters. The van der Waals surface area contributed by atoms with Gasteiger partial charge in [-0.2, -0.15) is 0 Å². The van der Waals surface area contributed by atoms with Crippen LogP contribution >= 0.6 is 7.82 Å². The van der Waals surface area contributed by atoms with E-state index in [0.29, 0.717) is 5.52 Å². The molecular weight excluding hydrogens is 419 g/mol. The Morgan fingerprint density at radius 1 is 1.47 bits per heavy atom. The van der Waals surface area contributed by atoms with Crippen molar-refractivity contribution in [2.24, 2.45) is 5.92 Å². The quantitative estimate of drug-likeness (QED) is 0.512. The van der Waals surface area contributed by atoms with Gasteiger partial charge in [0.2, 0.25) is 5.91 Å². The van der Waals surface area contributed by atoms with Crippen LogP contribution in [0.4, 0.5) is 5.82 Å². The van der Waals surface area contributed by atoms with Crippen LogP contribution in [0.1, 0.15) is 26.5 Å². The number of aliphatic hydroxyl groups excluding tert-OH is 1. The predicted octanol–water partition coefficient (Wildman–Crippen LogP) is 1.38. The molecule has 3 N–H and O–H groups in total. The first-order valence-corrected chi connectivity index (χ1v) is 10.7. The maximum atomic E-state index is 12.4. The minimum Gasteiger partial charge on any atom is -0.394 e. The topological polar surface area (TPSA) is 154 Å². The zero-order valence-electron chi connectivity index (χ0n) is 17.0. The fourth-order valence-electron chi connectivity index (χ4n) is 3.09. The van der Waals surface area contributed by atoms with Crippen LogP contribution in [0.3, 0.4) is 0 Å². The maximum absolute atomic E-state index is 12.4. The molecule has 1 fully saturated rings. The zero-order chi connectivity index (χ0) is 22.1. The van der Waals surface area contributed by atoms with E-state index in [4.69, 9.17) is 18.3 Å². The highest BCUT2D eigenvalue weighted by Crippen LogP contribution is 2.51. The van der Waals surface area contributed by atoms with Crippen molar-refractivity contribution in [2.75, 3.05) is 26.1 Å². The van der Waals surface area contributed by atoms with E-state index in [9.17, 15) is 19.3 Å². The van der Waals surface area contributed by atoms with Gasteiger partial charge in [0.15, 0.2) is 5.52 Å². The number of nitrogens with one attached hydrogen (secondary N) is 2. The van der Waals surface area contributed by atoms with Crippen LogP contribution in [0.15, 0.2) is 17.2 Å². The van der Waals surface area contributed by atoms with Gasteiger partial charge in [0.05, 0.1) is 18.5 Å². The van der Waals surface area contributed by atoms with Gasteiger partial charge in [0.25, 0.3) is 5.56 Å². The number of aliphatic hydroxyl groups is 1. The summed E-state index contributed by atoms with van der Waals surface area (Å²) in [5.41, 5.74) is 0.102. The molecule has 166 valence electrons. The third kappa shape index (κ3) is 4.48. The third-order valence-electron chi connectivity index (χ3n) is 4.74. The van der Waals surface area contributed by atoms with Crippen molar-refractivity contribution < 1.29 is 32.8 Å². The summed E-state index contributed by atoms with van der Waals surface area (Å²) in [4.78, 5) is 31.0. The number of aromatic nitrogens is 3. The Morgan fingerprint density at radius 3 is 2.77 bits per heavy atom. The molecule has 2 aromatic rings. The molecule has 1 amide bonds. The van der Waals surface area contributed by atoms with Gasteiger partial charge in [-0.3, -0.25) is 23.2 Å². The highest BCUT2D eigenvalue weighted by Gasteiger charge is 2.42. The van der Waals surface area contributed by atoms with Crippen molar-refractivity contribution in [1.29, 1.82) is 0 Å². The maximum Gasteiger partial charge on any atom is 0.474 e. The number of pyridine rings is 1. The van der Waals surface area contributed by atoms with Gasteiger partial charge in [-0.1, -0.05) is 13.8 Å². The van der Waals surface area contributed by atoms with Crippen molar-refractivity contribution in [3.05, 3.63) is 22.7 Å². The standard InChI is InChI=1S/C17H25N4O8P/c1-9(2)16(23)19-13-5-10-15(17(24)20-13)18-8-21(10)14-6-11(12(7-22)28-14)29-30(25,26-3)27-4/h5,8-9,11-12,14,22H,6-7H2,1-4H3,(H2,19,20,23,24). The molecule has 1 aliphatic rings. The van der Waals surface area contributed by atoms with Gasteiger partial charge in [-0.25, -0.2) is 9.55 Å². The highest BCUT2D eigenvalue weighted by molar-refractivity contribution is 7.48. The number of rotatable bonds is 8.